The van der Waals surface area contributed by atoms with Gasteiger partial charge in [-0.25, -0.2) is 9.98 Å². The molecule has 0 fully saturated rings. The number of amidine groups is 1. The van der Waals surface area contributed by atoms with Crippen molar-refractivity contribution in [1.82, 2.24) is 0 Å². The number of aldehydes is 1. The number of carbonyl (C=O) groups excluding carboxylic acids is 1. The van der Waals surface area contributed by atoms with Crippen molar-refractivity contribution in [3.8, 4) is 11.1 Å². The van der Waals surface area contributed by atoms with Gasteiger partial charge in [-0.2, -0.15) is 0 Å². The first-order chi connectivity index (χ1) is 17.3. The Morgan fingerprint density at radius 3 is 2.57 bits per heavy atom. The van der Waals surface area contributed by atoms with Crippen molar-refractivity contribution in [2.24, 2.45) is 9.98 Å². The lowest BCUT2D eigenvalue weighted by Gasteiger charge is -2.35. The Labute approximate surface area is 211 Å². The second-order valence-corrected chi connectivity index (χ2v) is 10.4. The van der Waals surface area contributed by atoms with Crippen molar-refractivity contribution < 1.29 is 4.79 Å². The minimum atomic E-state index is -0.114. The highest BCUT2D eigenvalue weighted by atomic mass is 32.2. The maximum atomic E-state index is 11.5. The van der Waals surface area contributed by atoms with Crippen molar-refractivity contribution in [1.29, 1.82) is 0 Å². The fraction of sp³-hybridized carbons (Fsp3) is 0.258. The van der Waals surface area contributed by atoms with Crippen LogP contribution < -0.4 is 0 Å². The minimum absolute atomic E-state index is 0.114. The largest absolute Gasteiger partial charge is 0.294 e. The van der Waals surface area contributed by atoms with E-state index in [1.54, 1.807) is 17.3 Å². The number of fused-ring (bicyclic) bond motifs is 5. The average molecular weight is 477 g/mol. The molecule has 1 heterocycles. The van der Waals surface area contributed by atoms with Gasteiger partial charge in [-0.15, -0.1) is 0 Å². The zero-order valence-electron chi connectivity index (χ0n) is 19.9. The number of allylic oxidation sites excluding steroid dienone is 1. The van der Waals surface area contributed by atoms with Gasteiger partial charge in [0.1, 0.15) is 5.37 Å². The maximum Gasteiger partial charge on any atom is 0.189 e. The first kappa shape index (κ1) is 22.2. The van der Waals surface area contributed by atoms with Crippen molar-refractivity contribution in [3.05, 3.63) is 100 Å². The van der Waals surface area contributed by atoms with Crippen LogP contribution in [0.1, 0.15) is 59.9 Å². The molecule has 0 aromatic heterocycles. The van der Waals surface area contributed by atoms with Gasteiger partial charge in [-0.3, -0.25) is 4.79 Å². The summed E-state index contributed by atoms with van der Waals surface area (Å²) >= 11 is 1.61. The maximum absolute atomic E-state index is 11.5. The molecular weight excluding hydrogens is 448 g/mol. The first-order valence-electron chi connectivity index (χ1n) is 12.5. The van der Waals surface area contributed by atoms with Gasteiger partial charge in [0.2, 0.25) is 0 Å². The van der Waals surface area contributed by atoms with E-state index in [4.69, 9.17) is 4.99 Å². The van der Waals surface area contributed by atoms with Gasteiger partial charge in [0.15, 0.2) is 12.1 Å². The highest BCUT2D eigenvalue weighted by Crippen LogP contribution is 2.49. The van der Waals surface area contributed by atoms with E-state index in [2.05, 4.69) is 78.6 Å². The van der Waals surface area contributed by atoms with Crippen LogP contribution in [0.2, 0.25) is 0 Å². The number of aliphatic imine (C=N–C) groups is 2. The minimum Gasteiger partial charge on any atom is -0.294 e. The molecule has 174 valence electrons. The zero-order chi connectivity index (χ0) is 23.8. The van der Waals surface area contributed by atoms with Crippen LogP contribution in [0.5, 0.6) is 0 Å². The molecule has 6 rings (SSSR count). The van der Waals surface area contributed by atoms with Gasteiger partial charge in [0.25, 0.3) is 0 Å². The number of hydrogen-bond donors (Lipinski definition) is 0. The lowest BCUT2D eigenvalue weighted by Crippen LogP contribution is -2.21. The summed E-state index contributed by atoms with van der Waals surface area (Å²) in [5.74, 6) is 0.623. The highest BCUT2D eigenvalue weighted by molar-refractivity contribution is 8.13. The van der Waals surface area contributed by atoms with Crippen LogP contribution in [-0.4, -0.2) is 23.0 Å². The lowest BCUT2D eigenvalue weighted by atomic mass is 9.70. The Hall–Kier alpha value is -3.24. The van der Waals surface area contributed by atoms with Gasteiger partial charge in [-0.1, -0.05) is 97.4 Å². The van der Waals surface area contributed by atoms with E-state index in [9.17, 15) is 4.79 Å². The van der Waals surface area contributed by atoms with E-state index < -0.39 is 0 Å². The second kappa shape index (κ2) is 9.43. The molecule has 3 nitrogen and oxygen atoms in total. The molecule has 2 aliphatic carbocycles. The predicted octanol–water partition coefficient (Wildman–Crippen LogP) is 7.24. The van der Waals surface area contributed by atoms with Crippen LogP contribution >= 0.6 is 11.8 Å². The molecule has 0 bridgehead atoms. The molecule has 2 unspecified atom stereocenters. The third-order valence-corrected chi connectivity index (χ3v) is 8.34. The Balaban J connectivity index is 1.58. The van der Waals surface area contributed by atoms with Crippen molar-refractivity contribution in [3.63, 3.8) is 0 Å². The third-order valence-electron chi connectivity index (χ3n) is 7.52. The smallest absolute Gasteiger partial charge is 0.189 e. The number of carbonyl (C=O) groups is 1. The molecule has 2 atom stereocenters. The molecule has 0 radical (unpaired) electrons. The Morgan fingerprint density at radius 1 is 0.943 bits per heavy atom. The molecule has 3 aromatic carbocycles. The molecule has 0 saturated heterocycles. The van der Waals surface area contributed by atoms with Crippen molar-refractivity contribution in [2.75, 3.05) is 0 Å². The van der Waals surface area contributed by atoms with Gasteiger partial charge in [0.05, 0.1) is 5.55 Å². The van der Waals surface area contributed by atoms with E-state index in [1.807, 2.05) is 0 Å². The standard InChI is InChI=1S/C31H28N2OS/c1-2-8-21-13-14-26-25(29(21)31-33-28(18-34)32-19-35-31)16-15-24-23-12-7-6-11-22(23)17-27(30(24)26)20-9-4-3-5-10-20/h3-7,9-12,15-16,18-19,27,31H,2,8,13-14,17H2,1H3. The van der Waals surface area contributed by atoms with Gasteiger partial charge in [-0.05, 0) is 70.2 Å². The fourth-order valence-corrected chi connectivity index (χ4v) is 6.94. The summed E-state index contributed by atoms with van der Waals surface area (Å²) < 4.78 is 0. The topological polar surface area (TPSA) is 41.8 Å². The molecule has 0 saturated carbocycles. The SMILES string of the molecule is CCCC1=C(C2N=C(C=O)N=CS2)c2ccc3c(c2CC1)C(c1ccccc1)Cc1ccccc1-3. The Morgan fingerprint density at radius 2 is 1.74 bits per heavy atom. The summed E-state index contributed by atoms with van der Waals surface area (Å²) in [6.07, 6.45) is 6.06. The number of thioether (sulfide) groups is 1. The van der Waals surface area contributed by atoms with Crippen molar-refractivity contribution >= 4 is 35.0 Å². The van der Waals surface area contributed by atoms with Gasteiger partial charge >= 0.3 is 0 Å². The molecule has 3 aliphatic rings. The van der Waals surface area contributed by atoms with Crippen LogP contribution in [0.4, 0.5) is 0 Å². The van der Waals surface area contributed by atoms with Crippen LogP contribution in [-0.2, 0) is 17.6 Å². The summed E-state index contributed by atoms with van der Waals surface area (Å²) in [5, 5.41) is -0.114. The quantitative estimate of drug-likeness (QED) is 0.364. The van der Waals surface area contributed by atoms with E-state index >= 15 is 0 Å². The van der Waals surface area contributed by atoms with Crippen molar-refractivity contribution in [2.45, 2.75) is 50.3 Å². The third kappa shape index (κ3) is 3.90. The number of hydrogen-bond acceptors (Lipinski definition) is 4. The average Bonchev–Trinajstić information content (AvgIpc) is 2.92. The zero-order valence-corrected chi connectivity index (χ0v) is 20.7. The number of benzene rings is 3. The molecule has 3 aromatic rings. The summed E-state index contributed by atoms with van der Waals surface area (Å²) in [6, 6.07) is 24.5. The number of rotatable bonds is 5. The monoisotopic (exact) mass is 476 g/mol. The molecule has 35 heavy (non-hydrogen) atoms. The van der Waals surface area contributed by atoms with E-state index in [-0.39, 0.29) is 5.37 Å². The van der Waals surface area contributed by atoms with E-state index in [0.717, 1.165) is 38.4 Å². The Kier molecular flexibility index (Phi) is 5.99. The first-order valence-corrected chi connectivity index (χ1v) is 13.4. The molecule has 1 aliphatic heterocycles. The molecule has 0 spiro atoms. The van der Waals surface area contributed by atoms with Crippen LogP contribution in [0, 0.1) is 0 Å². The summed E-state index contributed by atoms with van der Waals surface area (Å²) in [7, 11) is 0. The van der Waals surface area contributed by atoms with E-state index in [0.29, 0.717) is 11.8 Å². The van der Waals surface area contributed by atoms with Crippen LogP contribution in [0.15, 0.2) is 82.3 Å². The van der Waals surface area contributed by atoms with E-state index in [1.165, 1.54) is 50.1 Å². The van der Waals surface area contributed by atoms with Crippen LogP contribution in [0.3, 0.4) is 0 Å². The normalized spacial score (nSPS) is 20.5. The molecule has 0 N–H and O–H groups in total. The molecule has 0 amide bonds. The summed E-state index contributed by atoms with van der Waals surface area (Å²) in [5.41, 5.74) is 14.4. The summed E-state index contributed by atoms with van der Waals surface area (Å²) in [4.78, 5) is 20.4. The summed E-state index contributed by atoms with van der Waals surface area (Å²) in [6.45, 7) is 2.24. The van der Waals surface area contributed by atoms with Gasteiger partial charge in [0, 0.05) is 5.92 Å². The molecule has 4 heteroatoms. The second-order valence-electron chi connectivity index (χ2n) is 9.47. The van der Waals surface area contributed by atoms with Gasteiger partial charge < -0.3 is 0 Å². The number of nitrogens with zero attached hydrogens (tertiary/aromatic N) is 2. The lowest BCUT2D eigenvalue weighted by molar-refractivity contribution is -0.102. The van der Waals surface area contributed by atoms with Crippen LogP contribution in [0.25, 0.3) is 16.7 Å². The fourth-order valence-electron chi connectivity index (χ4n) is 6.06. The highest BCUT2D eigenvalue weighted by Gasteiger charge is 2.34. The predicted molar refractivity (Wildman–Crippen MR) is 147 cm³/mol. The Bertz CT molecular complexity index is 1390. The molecular formula is C31H28N2OS.